The number of aromatic nitrogens is 3. The number of benzene rings is 1. The van der Waals surface area contributed by atoms with E-state index in [1.54, 1.807) is 0 Å². The Morgan fingerprint density at radius 1 is 1.28 bits per heavy atom. The van der Waals surface area contributed by atoms with Crippen molar-refractivity contribution in [3.8, 4) is 0 Å². The average Bonchev–Trinajstić information content (AvgIpc) is 2.78. The molecule has 3 aromatic rings. The molecule has 3 rings (SSSR count). The molecule has 2 heterocycles. The highest BCUT2D eigenvalue weighted by Gasteiger charge is 2.15. The molecule has 0 aliphatic rings. The van der Waals surface area contributed by atoms with Gasteiger partial charge in [-0.2, -0.15) is 5.10 Å². The van der Waals surface area contributed by atoms with Crippen molar-refractivity contribution in [2.24, 2.45) is 5.73 Å². The number of nitrogens with zero attached hydrogens (tertiary/aromatic N) is 3. The summed E-state index contributed by atoms with van der Waals surface area (Å²) >= 11 is 0. The predicted octanol–water partition coefficient (Wildman–Crippen LogP) is 1.65. The lowest BCUT2D eigenvalue weighted by molar-refractivity contribution is 0.630. The molecule has 5 heteroatoms. The van der Waals surface area contributed by atoms with Crippen LogP contribution in [0.2, 0.25) is 0 Å². The molecule has 0 spiro atoms. The van der Waals surface area contributed by atoms with Crippen LogP contribution in [0.15, 0.2) is 24.3 Å². The quantitative estimate of drug-likeness (QED) is 0.714. The molecule has 18 heavy (non-hydrogen) atoms. The monoisotopic (exact) mass is 241 g/mol. The van der Waals surface area contributed by atoms with E-state index in [-0.39, 0.29) is 0 Å². The SMILES string of the molecule is CCn1nc2c(N)nc3ccccc3c2c1CN. The Labute approximate surface area is 104 Å². The highest BCUT2D eigenvalue weighted by atomic mass is 15.3. The van der Waals surface area contributed by atoms with Gasteiger partial charge in [-0.1, -0.05) is 18.2 Å². The average molecular weight is 241 g/mol. The summed E-state index contributed by atoms with van der Waals surface area (Å²) in [7, 11) is 0. The molecule has 0 unspecified atom stereocenters. The molecule has 0 radical (unpaired) electrons. The molecule has 1 aromatic carbocycles. The largest absolute Gasteiger partial charge is 0.382 e. The molecule has 0 saturated heterocycles. The Bertz CT molecular complexity index is 729. The number of hydrogen-bond acceptors (Lipinski definition) is 4. The van der Waals surface area contributed by atoms with E-state index < -0.39 is 0 Å². The molecule has 2 aromatic heterocycles. The number of pyridine rings is 1. The molecule has 0 bridgehead atoms. The number of hydrogen-bond donors (Lipinski definition) is 2. The third-order valence-corrected chi connectivity index (χ3v) is 3.21. The number of nitrogen functional groups attached to an aromatic ring is 1. The van der Waals surface area contributed by atoms with Crippen molar-refractivity contribution in [3.05, 3.63) is 30.0 Å². The van der Waals surface area contributed by atoms with Crippen LogP contribution in [0, 0.1) is 0 Å². The lowest BCUT2D eigenvalue weighted by Crippen LogP contribution is -2.07. The molecule has 4 N–H and O–H groups in total. The van der Waals surface area contributed by atoms with Crippen LogP contribution in [-0.2, 0) is 13.1 Å². The number of para-hydroxylation sites is 1. The smallest absolute Gasteiger partial charge is 0.152 e. The molecule has 0 aliphatic heterocycles. The Morgan fingerprint density at radius 3 is 2.78 bits per heavy atom. The van der Waals surface area contributed by atoms with E-state index in [0.717, 1.165) is 34.0 Å². The number of anilines is 1. The molecule has 0 atom stereocenters. The number of aryl methyl sites for hydroxylation is 1. The van der Waals surface area contributed by atoms with E-state index in [1.807, 2.05) is 35.9 Å². The zero-order valence-corrected chi connectivity index (χ0v) is 10.2. The lowest BCUT2D eigenvalue weighted by Gasteiger charge is -2.03. The Kier molecular flexibility index (Phi) is 2.41. The first-order valence-electron chi connectivity index (χ1n) is 6.00. The van der Waals surface area contributed by atoms with Crippen molar-refractivity contribution in [1.29, 1.82) is 0 Å². The molecule has 0 fully saturated rings. The first-order chi connectivity index (χ1) is 8.76. The molecular weight excluding hydrogens is 226 g/mol. The van der Waals surface area contributed by atoms with Crippen LogP contribution in [0.1, 0.15) is 12.6 Å². The Balaban J connectivity index is 2.56. The van der Waals surface area contributed by atoms with Crippen LogP contribution in [0.5, 0.6) is 0 Å². The van der Waals surface area contributed by atoms with Gasteiger partial charge in [0, 0.05) is 23.9 Å². The maximum Gasteiger partial charge on any atom is 0.152 e. The summed E-state index contributed by atoms with van der Waals surface area (Å²) in [6.07, 6.45) is 0. The second kappa shape index (κ2) is 3.96. The Morgan fingerprint density at radius 2 is 2.06 bits per heavy atom. The molecular formula is C13H15N5. The summed E-state index contributed by atoms with van der Waals surface area (Å²) in [6, 6.07) is 7.93. The summed E-state index contributed by atoms with van der Waals surface area (Å²) in [6.45, 7) is 3.25. The van der Waals surface area contributed by atoms with E-state index >= 15 is 0 Å². The summed E-state index contributed by atoms with van der Waals surface area (Å²) in [5, 5.41) is 6.59. The van der Waals surface area contributed by atoms with Crippen molar-refractivity contribution in [2.45, 2.75) is 20.0 Å². The maximum absolute atomic E-state index is 5.99. The fraction of sp³-hybridized carbons (Fsp3) is 0.231. The topological polar surface area (TPSA) is 82.8 Å². The van der Waals surface area contributed by atoms with Gasteiger partial charge in [0.2, 0.25) is 0 Å². The van der Waals surface area contributed by atoms with Gasteiger partial charge < -0.3 is 11.5 Å². The highest BCUT2D eigenvalue weighted by molar-refractivity contribution is 6.09. The zero-order chi connectivity index (χ0) is 12.7. The van der Waals surface area contributed by atoms with Gasteiger partial charge in [0.15, 0.2) is 5.82 Å². The fourth-order valence-corrected chi connectivity index (χ4v) is 2.39. The third kappa shape index (κ3) is 1.37. The van der Waals surface area contributed by atoms with Crippen molar-refractivity contribution in [3.63, 3.8) is 0 Å². The molecule has 0 amide bonds. The summed E-state index contributed by atoms with van der Waals surface area (Å²) in [4.78, 5) is 4.39. The summed E-state index contributed by atoms with van der Waals surface area (Å²) in [5.41, 5.74) is 14.5. The van der Waals surface area contributed by atoms with Gasteiger partial charge in [0.1, 0.15) is 5.52 Å². The fourth-order valence-electron chi connectivity index (χ4n) is 2.39. The minimum Gasteiger partial charge on any atom is -0.382 e. The van der Waals surface area contributed by atoms with Gasteiger partial charge in [0.25, 0.3) is 0 Å². The number of nitrogens with two attached hydrogens (primary N) is 2. The standard InChI is InChI=1S/C13H15N5/c1-2-18-10(7-14)11-8-5-3-4-6-9(8)16-13(15)12(11)17-18/h3-6H,2,7,14H2,1H3,(H2,15,16). The van der Waals surface area contributed by atoms with Crippen LogP contribution in [-0.4, -0.2) is 14.8 Å². The predicted molar refractivity (Wildman–Crippen MR) is 73.0 cm³/mol. The zero-order valence-electron chi connectivity index (χ0n) is 10.2. The second-order valence-electron chi connectivity index (χ2n) is 4.20. The van der Waals surface area contributed by atoms with Gasteiger partial charge in [-0.3, -0.25) is 4.68 Å². The van der Waals surface area contributed by atoms with Gasteiger partial charge in [-0.05, 0) is 13.0 Å². The normalized spacial score (nSPS) is 11.4. The molecule has 0 aliphatic carbocycles. The van der Waals surface area contributed by atoms with Crippen LogP contribution in [0.4, 0.5) is 5.82 Å². The van der Waals surface area contributed by atoms with Crippen molar-refractivity contribution < 1.29 is 0 Å². The first kappa shape index (κ1) is 11.0. The van der Waals surface area contributed by atoms with Crippen LogP contribution < -0.4 is 11.5 Å². The van der Waals surface area contributed by atoms with Crippen molar-refractivity contribution in [1.82, 2.24) is 14.8 Å². The molecule has 5 nitrogen and oxygen atoms in total. The van der Waals surface area contributed by atoms with Crippen molar-refractivity contribution >= 4 is 27.6 Å². The van der Waals surface area contributed by atoms with Gasteiger partial charge in [-0.15, -0.1) is 0 Å². The summed E-state index contributed by atoms with van der Waals surface area (Å²) < 4.78 is 1.90. The van der Waals surface area contributed by atoms with Gasteiger partial charge in [0.05, 0.1) is 11.2 Å². The van der Waals surface area contributed by atoms with E-state index in [4.69, 9.17) is 11.5 Å². The van der Waals surface area contributed by atoms with E-state index in [9.17, 15) is 0 Å². The molecule has 92 valence electrons. The summed E-state index contributed by atoms with van der Waals surface area (Å²) in [5.74, 6) is 0.464. The van der Waals surface area contributed by atoms with Crippen LogP contribution >= 0.6 is 0 Å². The van der Waals surface area contributed by atoms with Crippen LogP contribution in [0.25, 0.3) is 21.8 Å². The van der Waals surface area contributed by atoms with Crippen LogP contribution in [0.3, 0.4) is 0 Å². The highest BCUT2D eigenvalue weighted by Crippen LogP contribution is 2.29. The number of fused-ring (bicyclic) bond motifs is 3. The first-order valence-corrected chi connectivity index (χ1v) is 6.00. The maximum atomic E-state index is 5.99. The van der Waals surface area contributed by atoms with Gasteiger partial charge in [-0.25, -0.2) is 4.98 Å². The minimum atomic E-state index is 0.442. The number of rotatable bonds is 2. The minimum absolute atomic E-state index is 0.442. The molecule has 0 saturated carbocycles. The lowest BCUT2D eigenvalue weighted by atomic mass is 10.1. The Hall–Kier alpha value is -2.14. The van der Waals surface area contributed by atoms with E-state index in [1.165, 1.54) is 0 Å². The van der Waals surface area contributed by atoms with Gasteiger partial charge >= 0.3 is 0 Å². The van der Waals surface area contributed by atoms with E-state index in [0.29, 0.717) is 12.4 Å². The van der Waals surface area contributed by atoms with Crippen molar-refractivity contribution in [2.75, 3.05) is 5.73 Å². The van der Waals surface area contributed by atoms with E-state index in [2.05, 4.69) is 10.1 Å². The second-order valence-corrected chi connectivity index (χ2v) is 4.20. The third-order valence-electron chi connectivity index (χ3n) is 3.21.